The molecule has 0 saturated heterocycles. The number of nitrogens with two attached hydrogens (primary N) is 1. The molecule has 0 aliphatic heterocycles. The van der Waals surface area contributed by atoms with Crippen molar-refractivity contribution in [2.45, 2.75) is 38.3 Å². The third kappa shape index (κ3) is 3.02. The van der Waals surface area contributed by atoms with Crippen molar-refractivity contribution in [2.24, 2.45) is 5.84 Å². The van der Waals surface area contributed by atoms with Gasteiger partial charge in [0.15, 0.2) is 0 Å². The van der Waals surface area contributed by atoms with Crippen LogP contribution in [0.25, 0.3) is 0 Å². The summed E-state index contributed by atoms with van der Waals surface area (Å²) in [5.41, 5.74) is 3.78. The number of rotatable bonds is 5. The molecule has 0 aromatic heterocycles. The maximum absolute atomic E-state index is 11.0. The number of hydrogen-bond donors (Lipinski definition) is 2. The van der Waals surface area contributed by atoms with Crippen molar-refractivity contribution in [3.63, 3.8) is 0 Å². The van der Waals surface area contributed by atoms with E-state index < -0.39 is 4.92 Å². The minimum absolute atomic E-state index is 0.0276. The van der Waals surface area contributed by atoms with Crippen LogP contribution in [0.15, 0.2) is 18.2 Å². The smallest absolute Gasteiger partial charge is 0.293 e. The first kappa shape index (κ1) is 13.8. The number of hydrogen-bond acceptors (Lipinski definition) is 5. The first-order valence-corrected chi connectivity index (χ1v) is 6.56. The van der Waals surface area contributed by atoms with Crippen molar-refractivity contribution >= 4 is 11.4 Å². The fourth-order valence-corrected chi connectivity index (χ4v) is 2.78. The lowest BCUT2D eigenvalue weighted by atomic mass is 10.1. The summed E-state index contributed by atoms with van der Waals surface area (Å²) in [6, 6.07) is 5.63. The molecule has 1 aromatic carbocycles. The van der Waals surface area contributed by atoms with Crippen LogP contribution in [0.5, 0.6) is 0 Å². The van der Waals surface area contributed by atoms with Crippen LogP contribution in [0.2, 0.25) is 0 Å². The number of anilines is 1. The van der Waals surface area contributed by atoms with E-state index in [9.17, 15) is 10.1 Å². The second-order valence-corrected chi connectivity index (χ2v) is 5.07. The maximum atomic E-state index is 11.0. The molecule has 0 spiro atoms. The van der Waals surface area contributed by atoms with Crippen LogP contribution in [-0.2, 0) is 6.54 Å². The maximum Gasteiger partial charge on any atom is 0.293 e. The van der Waals surface area contributed by atoms with Crippen molar-refractivity contribution in [3.05, 3.63) is 33.9 Å². The summed E-state index contributed by atoms with van der Waals surface area (Å²) in [6.45, 7) is 0.672. The van der Waals surface area contributed by atoms with Gasteiger partial charge in [-0.3, -0.25) is 20.9 Å². The Bertz CT molecular complexity index is 458. The zero-order valence-corrected chi connectivity index (χ0v) is 11.1. The number of nitrogen functional groups attached to an aromatic ring is 1. The standard InChI is InChI=1S/C13H20N4O2/c1-16(11-6-2-3-7-11)9-10-5-4-8-12(17(18)19)13(10)15-14/h4-5,8,11,15H,2-3,6-7,9,14H2,1H3. The summed E-state index contributed by atoms with van der Waals surface area (Å²) in [7, 11) is 2.06. The third-order valence-electron chi connectivity index (χ3n) is 3.84. The average molecular weight is 264 g/mol. The molecule has 19 heavy (non-hydrogen) atoms. The highest BCUT2D eigenvalue weighted by molar-refractivity contribution is 5.65. The summed E-state index contributed by atoms with van der Waals surface area (Å²) in [4.78, 5) is 12.8. The SMILES string of the molecule is CN(Cc1cccc([N+](=O)[O-])c1NN)C1CCCC1. The minimum atomic E-state index is -0.408. The quantitative estimate of drug-likeness (QED) is 0.484. The fourth-order valence-electron chi connectivity index (χ4n) is 2.78. The molecule has 3 N–H and O–H groups in total. The Labute approximate surface area is 112 Å². The highest BCUT2D eigenvalue weighted by atomic mass is 16.6. The summed E-state index contributed by atoms with van der Waals surface area (Å²) < 4.78 is 0. The molecule has 0 atom stereocenters. The third-order valence-corrected chi connectivity index (χ3v) is 3.84. The van der Waals surface area contributed by atoms with Gasteiger partial charge in [0, 0.05) is 18.7 Å². The van der Waals surface area contributed by atoms with Crippen LogP contribution in [0.1, 0.15) is 31.2 Å². The Kier molecular flexibility index (Phi) is 4.34. The molecule has 104 valence electrons. The van der Waals surface area contributed by atoms with Gasteiger partial charge in [0.1, 0.15) is 5.69 Å². The largest absolute Gasteiger partial charge is 0.318 e. The van der Waals surface area contributed by atoms with E-state index in [1.165, 1.54) is 31.7 Å². The van der Waals surface area contributed by atoms with Crippen molar-refractivity contribution < 1.29 is 4.92 Å². The molecular weight excluding hydrogens is 244 g/mol. The first-order valence-electron chi connectivity index (χ1n) is 6.56. The van der Waals surface area contributed by atoms with Gasteiger partial charge in [-0.25, -0.2) is 0 Å². The molecule has 6 nitrogen and oxygen atoms in total. The topological polar surface area (TPSA) is 84.4 Å². The molecule has 0 heterocycles. The van der Waals surface area contributed by atoms with E-state index in [4.69, 9.17) is 5.84 Å². The van der Waals surface area contributed by atoms with Gasteiger partial charge in [0.25, 0.3) is 5.69 Å². The highest BCUT2D eigenvalue weighted by Gasteiger charge is 2.22. The van der Waals surface area contributed by atoms with E-state index in [-0.39, 0.29) is 5.69 Å². The average Bonchev–Trinajstić information content (AvgIpc) is 2.92. The van der Waals surface area contributed by atoms with Crippen LogP contribution in [0.3, 0.4) is 0 Å². The number of nitro benzene ring substituents is 1. The summed E-state index contributed by atoms with van der Waals surface area (Å²) in [6.07, 6.45) is 4.95. The van der Waals surface area contributed by atoms with Crippen LogP contribution >= 0.6 is 0 Å². The van der Waals surface area contributed by atoms with Crippen molar-refractivity contribution in [2.75, 3.05) is 12.5 Å². The van der Waals surface area contributed by atoms with Gasteiger partial charge in [-0.1, -0.05) is 25.0 Å². The van der Waals surface area contributed by atoms with E-state index in [0.29, 0.717) is 18.3 Å². The van der Waals surface area contributed by atoms with Crippen molar-refractivity contribution in [1.29, 1.82) is 0 Å². The molecule has 1 fully saturated rings. The molecule has 0 radical (unpaired) electrons. The van der Waals surface area contributed by atoms with Crippen LogP contribution in [0.4, 0.5) is 11.4 Å². The fraction of sp³-hybridized carbons (Fsp3) is 0.538. The van der Waals surface area contributed by atoms with Gasteiger partial charge in [0.05, 0.1) is 4.92 Å². The van der Waals surface area contributed by atoms with Crippen LogP contribution in [0, 0.1) is 10.1 Å². The Morgan fingerprint density at radius 3 is 2.74 bits per heavy atom. The van der Waals surface area contributed by atoms with E-state index in [1.54, 1.807) is 6.07 Å². The van der Waals surface area contributed by atoms with Gasteiger partial charge >= 0.3 is 0 Å². The normalized spacial score (nSPS) is 15.9. The van der Waals surface area contributed by atoms with Crippen molar-refractivity contribution in [3.8, 4) is 0 Å². The predicted molar refractivity (Wildman–Crippen MR) is 74.6 cm³/mol. The van der Waals surface area contributed by atoms with Gasteiger partial charge in [-0.2, -0.15) is 0 Å². The van der Waals surface area contributed by atoms with Gasteiger partial charge in [-0.05, 0) is 25.5 Å². The van der Waals surface area contributed by atoms with E-state index >= 15 is 0 Å². The number of nitrogens with zero attached hydrogens (tertiary/aromatic N) is 2. The summed E-state index contributed by atoms with van der Waals surface area (Å²) in [5.74, 6) is 5.45. The lowest BCUT2D eigenvalue weighted by Gasteiger charge is -2.24. The lowest BCUT2D eigenvalue weighted by molar-refractivity contribution is -0.384. The molecule has 0 amide bonds. The Hall–Kier alpha value is -1.66. The second-order valence-electron chi connectivity index (χ2n) is 5.07. The Balaban J connectivity index is 2.19. The molecule has 2 rings (SSSR count). The summed E-state index contributed by atoms with van der Waals surface area (Å²) >= 11 is 0. The van der Waals surface area contributed by atoms with Crippen molar-refractivity contribution in [1.82, 2.24) is 4.90 Å². The monoisotopic (exact) mass is 264 g/mol. The van der Waals surface area contributed by atoms with E-state index in [0.717, 1.165) is 5.56 Å². The number of hydrazine groups is 1. The molecule has 0 unspecified atom stereocenters. The lowest BCUT2D eigenvalue weighted by Crippen LogP contribution is -2.29. The Morgan fingerprint density at radius 2 is 2.16 bits per heavy atom. The summed E-state index contributed by atoms with van der Waals surface area (Å²) in [5, 5.41) is 11.0. The molecule has 1 aliphatic rings. The number of nitro groups is 1. The minimum Gasteiger partial charge on any atom is -0.318 e. The Morgan fingerprint density at radius 1 is 1.47 bits per heavy atom. The zero-order valence-electron chi connectivity index (χ0n) is 11.1. The molecule has 1 aliphatic carbocycles. The predicted octanol–water partition coefficient (Wildman–Crippen LogP) is 2.25. The van der Waals surface area contributed by atoms with Crippen LogP contribution in [-0.4, -0.2) is 22.9 Å². The second kappa shape index (κ2) is 5.99. The van der Waals surface area contributed by atoms with E-state index in [1.807, 2.05) is 6.07 Å². The number of para-hydroxylation sites is 1. The molecule has 1 saturated carbocycles. The van der Waals surface area contributed by atoms with E-state index in [2.05, 4.69) is 17.4 Å². The molecule has 6 heteroatoms. The molecule has 0 bridgehead atoms. The zero-order chi connectivity index (χ0) is 13.8. The molecular formula is C13H20N4O2. The van der Waals surface area contributed by atoms with Gasteiger partial charge in [0.2, 0.25) is 0 Å². The highest BCUT2D eigenvalue weighted by Crippen LogP contribution is 2.30. The number of nitrogens with one attached hydrogen (secondary N) is 1. The van der Waals surface area contributed by atoms with Gasteiger partial charge < -0.3 is 5.43 Å². The van der Waals surface area contributed by atoms with Gasteiger partial charge in [-0.15, -0.1) is 0 Å². The van der Waals surface area contributed by atoms with Crippen LogP contribution < -0.4 is 11.3 Å². The first-order chi connectivity index (χ1) is 9.13. The molecule has 1 aromatic rings. The number of benzene rings is 1.